The smallest absolute Gasteiger partial charge is 0.279 e. The first-order valence-corrected chi connectivity index (χ1v) is 7.69. The van der Waals surface area contributed by atoms with Gasteiger partial charge in [0.15, 0.2) is 4.90 Å². The summed E-state index contributed by atoms with van der Waals surface area (Å²) in [6.45, 7) is 1.65. The van der Waals surface area contributed by atoms with Crippen LogP contribution in [-0.2, 0) is 10.0 Å². The van der Waals surface area contributed by atoms with Gasteiger partial charge in [0.25, 0.3) is 15.7 Å². The second kappa shape index (κ2) is 5.71. The summed E-state index contributed by atoms with van der Waals surface area (Å²) in [5, 5.41) is 11.5. The number of hydrogen-bond donors (Lipinski definition) is 1. The number of nitro benzene ring substituents is 1. The maximum Gasteiger partial charge on any atom is 0.290 e. The second-order valence-electron chi connectivity index (χ2n) is 4.34. The summed E-state index contributed by atoms with van der Waals surface area (Å²) in [6.07, 6.45) is 0. The molecule has 0 saturated carbocycles. The third kappa shape index (κ3) is 3.50. The molecule has 0 aliphatic carbocycles. The highest BCUT2D eigenvalue weighted by atomic mass is 35.5. The Morgan fingerprint density at radius 2 is 1.76 bits per heavy atom. The summed E-state index contributed by atoms with van der Waals surface area (Å²) < 4.78 is 26.8. The first-order valence-electron chi connectivity index (χ1n) is 5.83. The topological polar surface area (TPSA) is 89.3 Å². The summed E-state index contributed by atoms with van der Waals surface area (Å²) in [4.78, 5) is 9.91. The lowest BCUT2D eigenvalue weighted by molar-refractivity contribution is -0.387. The van der Waals surface area contributed by atoms with Crippen molar-refractivity contribution in [3.8, 4) is 0 Å². The number of nitrogens with one attached hydrogen (secondary N) is 1. The average molecular weight is 327 g/mol. The minimum Gasteiger partial charge on any atom is -0.279 e. The Labute approximate surface area is 126 Å². The van der Waals surface area contributed by atoms with Gasteiger partial charge in [0.1, 0.15) is 0 Å². The van der Waals surface area contributed by atoms with Crippen LogP contribution in [0.3, 0.4) is 0 Å². The summed E-state index contributed by atoms with van der Waals surface area (Å²) in [7, 11) is -4.05. The van der Waals surface area contributed by atoms with Crippen LogP contribution >= 0.6 is 11.6 Å². The molecule has 0 bridgehead atoms. The standard InChI is InChI=1S/C13H11ClN2O4S/c1-9-2-7-13(12(8-9)16(17)18)21(19,20)15-11-5-3-10(14)4-6-11/h2-8,15H,1H3. The van der Waals surface area contributed by atoms with E-state index in [-0.39, 0.29) is 10.6 Å². The van der Waals surface area contributed by atoms with E-state index in [0.717, 1.165) is 0 Å². The molecule has 0 radical (unpaired) electrons. The first-order chi connectivity index (χ1) is 9.79. The van der Waals surface area contributed by atoms with Gasteiger partial charge in [0.05, 0.1) is 4.92 Å². The van der Waals surface area contributed by atoms with Crippen molar-refractivity contribution >= 4 is 33.0 Å². The normalized spacial score (nSPS) is 11.1. The lowest BCUT2D eigenvalue weighted by Gasteiger charge is -2.09. The molecule has 0 atom stereocenters. The van der Waals surface area contributed by atoms with Crippen LogP contribution in [0.15, 0.2) is 47.4 Å². The molecule has 0 unspecified atom stereocenters. The number of benzene rings is 2. The highest BCUT2D eigenvalue weighted by Crippen LogP contribution is 2.27. The SMILES string of the molecule is Cc1ccc(S(=O)(=O)Nc2ccc(Cl)cc2)c([N+](=O)[O-])c1. The average Bonchev–Trinajstić information content (AvgIpc) is 2.40. The quantitative estimate of drug-likeness (QED) is 0.689. The predicted molar refractivity (Wildman–Crippen MR) is 80.1 cm³/mol. The van der Waals surface area contributed by atoms with Crippen LogP contribution in [0, 0.1) is 17.0 Å². The lowest BCUT2D eigenvalue weighted by atomic mass is 10.2. The number of anilines is 1. The molecule has 0 heterocycles. The van der Waals surface area contributed by atoms with Crippen molar-refractivity contribution in [2.45, 2.75) is 11.8 Å². The van der Waals surface area contributed by atoms with Gasteiger partial charge in [0.2, 0.25) is 0 Å². The summed E-state index contributed by atoms with van der Waals surface area (Å²) >= 11 is 5.72. The highest BCUT2D eigenvalue weighted by Gasteiger charge is 2.25. The van der Waals surface area contributed by atoms with E-state index >= 15 is 0 Å². The number of aryl methyl sites for hydroxylation is 1. The zero-order chi connectivity index (χ0) is 15.6. The van der Waals surface area contributed by atoms with E-state index in [1.54, 1.807) is 6.92 Å². The number of rotatable bonds is 4. The van der Waals surface area contributed by atoms with Crippen LogP contribution < -0.4 is 4.72 Å². The van der Waals surface area contributed by atoms with E-state index in [2.05, 4.69) is 4.72 Å². The Kier molecular flexibility index (Phi) is 4.15. The van der Waals surface area contributed by atoms with Gasteiger partial charge in [-0.2, -0.15) is 0 Å². The highest BCUT2D eigenvalue weighted by molar-refractivity contribution is 7.92. The number of nitro groups is 1. The summed E-state index contributed by atoms with van der Waals surface area (Å²) in [6, 6.07) is 9.91. The van der Waals surface area contributed by atoms with Gasteiger partial charge < -0.3 is 0 Å². The van der Waals surface area contributed by atoms with Crippen molar-refractivity contribution in [1.29, 1.82) is 0 Å². The van der Waals surface area contributed by atoms with E-state index in [9.17, 15) is 18.5 Å². The largest absolute Gasteiger partial charge is 0.290 e. The van der Waals surface area contributed by atoms with Gasteiger partial charge in [-0.3, -0.25) is 14.8 Å². The fraction of sp³-hybridized carbons (Fsp3) is 0.0769. The monoisotopic (exact) mass is 326 g/mol. The molecule has 110 valence electrons. The van der Waals surface area contributed by atoms with Crippen LogP contribution in [0.25, 0.3) is 0 Å². The maximum atomic E-state index is 12.3. The Hall–Kier alpha value is -2.12. The molecule has 6 nitrogen and oxygen atoms in total. The lowest BCUT2D eigenvalue weighted by Crippen LogP contribution is -2.14. The van der Waals surface area contributed by atoms with Crippen molar-refractivity contribution in [2.24, 2.45) is 0 Å². The molecule has 21 heavy (non-hydrogen) atoms. The fourth-order valence-corrected chi connectivity index (χ4v) is 3.06. The Bertz CT molecular complexity index is 788. The molecule has 0 aliphatic heterocycles. The van der Waals surface area contributed by atoms with Crippen molar-refractivity contribution < 1.29 is 13.3 Å². The molecule has 0 saturated heterocycles. The molecular weight excluding hydrogens is 316 g/mol. The zero-order valence-corrected chi connectivity index (χ0v) is 12.5. The van der Waals surface area contributed by atoms with Gasteiger partial charge in [-0.15, -0.1) is 0 Å². The molecular formula is C13H11ClN2O4S. The van der Waals surface area contributed by atoms with Crippen LogP contribution in [-0.4, -0.2) is 13.3 Å². The third-order valence-corrected chi connectivity index (χ3v) is 4.38. The second-order valence-corrected chi connectivity index (χ2v) is 6.43. The van der Waals surface area contributed by atoms with E-state index in [1.807, 2.05) is 0 Å². The molecule has 2 aromatic carbocycles. The van der Waals surface area contributed by atoms with Crippen LogP contribution in [0.2, 0.25) is 5.02 Å². The van der Waals surface area contributed by atoms with Crippen molar-refractivity contribution in [1.82, 2.24) is 0 Å². The van der Waals surface area contributed by atoms with Gasteiger partial charge in [-0.25, -0.2) is 8.42 Å². The maximum absolute atomic E-state index is 12.3. The Balaban J connectivity index is 2.44. The Morgan fingerprint density at radius 3 is 2.33 bits per heavy atom. The number of nitrogens with zero attached hydrogens (tertiary/aromatic N) is 1. The van der Waals surface area contributed by atoms with Crippen LogP contribution in [0.5, 0.6) is 0 Å². The Morgan fingerprint density at radius 1 is 1.14 bits per heavy atom. The third-order valence-electron chi connectivity index (χ3n) is 2.70. The fourth-order valence-electron chi connectivity index (χ4n) is 1.73. The molecule has 8 heteroatoms. The van der Waals surface area contributed by atoms with Gasteiger partial charge in [-0.1, -0.05) is 17.7 Å². The van der Waals surface area contributed by atoms with Gasteiger partial charge in [0, 0.05) is 16.8 Å². The predicted octanol–water partition coefficient (Wildman–Crippen LogP) is 3.36. The van der Waals surface area contributed by atoms with Crippen molar-refractivity contribution in [2.75, 3.05) is 4.72 Å². The molecule has 0 amide bonds. The van der Waals surface area contributed by atoms with Crippen LogP contribution in [0.4, 0.5) is 11.4 Å². The number of sulfonamides is 1. The first kappa shape index (κ1) is 15.3. The van der Waals surface area contributed by atoms with E-state index in [1.165, 1.54) is 42.5 Å². The van der Waals surface area contributed by atoms with Gasteiger partial charge >= 0.3 is 0 Å². The van der Waals surface area contributed by atoms with Crippen molar-refractivity contribution in [3.05, 3.63) is 63.2 Å². The molecule has 0 fully saturated rings. The molecule has 0 aromatic heterocycles. The van der Waals surface area contributed by atoms with E-state index in [0.29, 0.717) is 10.6 Å². The summed E-state index contributed by atoms with van der Waals surface area (Å²) in [5.41, 5.74) is 0.415. The number of hydrogen-bond acceptors (Lipinski definition) is 4. The van der Waals surface area contributed by atoms with Gasteiger partial charge in [-0.05, 0) is 42.8 Å². The number of halogens is 1. The molecule has 0 aliphatic rings. The molecule has 1 N–H and O–H groups in total. The molecule has 2 rings (SSSR count). The van der Waals surface area contributed by atoms with E-state index in [4.69, 9.17) is 11.6 Å². The summed E-state index contributed by atoms with van der Waals surface area (Å²) in [5.74, 6) is 0. The molecule has 0 spiro atoms. The minimum atomic E-state index is -4.05. The zero-order valence-electron chi connectivity index (χ0n) is 10.9. The minimum absolute atomic E-state index is 0.272. The van der Waals surface area contributed by atoms with Crippen molar-refractivity contribution in [3.63, 3.8) is 0 Å². The van der Waals surface area contributed by atoms with Crippen LogP contribution in [0.1, 0.15) is 5.56 Å². The van der Waals surface area contributed by atoms with E-state index < -0.39 is 20.6 Å². The molecule has 2 aromatic rings.